The summed E-state index contributed by atoms with van der Waals surface area (Å²) in [6, 6.07) is 16.1. The van der Waals surface area contributed by atoms with Crippen molar-refractivity contribution in [3.05, 3.63) is 59.7 Å². The van der Waals surface area contributed by atoms with E-state index < -0.39 is 5.92 Å². The van der Waals surface area contributed by atoms with E-state index in [1.54, 1.807) is 42.5 Å². The van der Waals surface area contributed by atoms with E-state index in [9.17, 15) is 10.1 Å². The number of carbonyl (C=O) groups excluding carboxylic acids is 1. The first-order chi connectivity index (χ1) is 10.2. The lowest BCUT2D eigenvalue weighted by Gasteiger charge is -2.14. The van der Waals surface area contributed by atoms with Crippen molar-refractivity contribution in [3.8, 4) is 17.6 Å². The van der Waals surface area contributed by atoms with Gasteiger partial charge in [-0.25, -0.2) is 0 Å². The summed E-state index contributed by atoms with van der Waals surface area (Å²) >= 11 is 0. The average Bonchev–Trinajstić information content (AvgIpc) is 2.55. The molecule has 21 heavy (non-hydrogen) atoms. The maximum absolute atomic E-state index is 12.7. The normalized spacial score (nSPS) is 11.3. The van der Waals surface area contributed by atoms with E-state index in [1.807, 2.05) is 6.07 Å². The first-order valence-electron chi connectivity index (χ1n) is 6.42. The van der Waals surface area contributed by atoms with E-state index in [2.05, 4.69) is 6.07 Å². The fraction of sp³-hybridized carbons (Fsp3) is 0.176. The Morgan fingerprint density at radius 1 is 1.05 bits per heavy atom. The van der Waals surface area contributed by atoms with Crippen LogP contribution < -0.4 is 9.47 Å². The van der Waals surface area contributed by atoms with Crippen molar-refractivity contribution in [3.63, 3.8) is 0 Å². The number of rotatable bonds is 5. The molecule has 0 aliphatic rings. The van der Waals surface area contributed by atoms with Crippen LogP contribution in [0.15, 0.2) is 48.5 Å². The van der Waals surface area contributed by atoms with E-state index in [0.29, 0.717) is 22.6 Å². The number of nitriles is 1. The van der Waals surface area contributed by atoms with Gasteiger partial charge >= 0.3 is 0 Å². The number of ketones is 1. The highest BCUT2D eigenvalue weighted by Crippen LogP contribution is 2.33. The van der Waals surface area contributed by atoms with Crippen molar-refractivity contribution in [1.82, 2.24) is 0 Å². The maximum Gasteiger partial charge on any atom is 0.188 e. The highest BCUT2D eigenvalue weighted by atomic mass is 16.5. The topological polar surface area (TPSA) is 59.3 Å². The minimum atomic E-state index is -0.868. The van der Waals surface area contributed by atoms with Crippen LogP contribution in [0.5, 0.6) is 11.5 Å². The summed E-state index contributed by atoms with van der Waals surface area (Å²) in [4.78, 5) is 12.7. The van der Waals surface area contributed by atoms with E-state index in [4.69, 9.17) is 9.47 Å². The van der Waals surface area contributed by atoms with E-state index in [0.717, 1.165) is 0 Å². The highest BCUT2D eigenvalue weighted by Gasteiger charge is 2.25. The molecule has 4 nitrogen and oxygen atoms in total. The van der Waals surface area contributed by atoms with E-state index >= 15 is 0 Å². The Morgan fingerprint density at radius 2 is 1.76 bits per heavy atom. The van der Waals surface area contributed by atoms with Crippen LogP contribution in [0.1, 0.15) is 21.8 Å². The second-order valence-electron chi connectivity index (χ2n) is 4.38. The molecule has 0 aliphatic carbocycles. The third-order valence-corrected chi connectivity index (χ3v) is 3.19. The number of hydrogen-bond donors (Lipinski definition) is 0. The zero-order chi connectivity index (χ0) is 15.2. The second-order valence-corrected chi connectivity index (χ2v) is 4.38. The lowest BCUT2D eigenvalue weighted by molar-refractivity contribution is 0.0975. The molecule has 1 unspecified atom stereocenters. The van der Waals surface area contributed by atoms with Crippen molar-refractivity contribution in [2.75, 3.05) is 14.2 Å². The molecule has 0 saturated heterocycles. The van der Waals surface area contributed by atoms with Crippen LogP contribution in [-0.2, 0) is 0 Å². The molecule has 106 valence electrons. The van der Waals surface area contributed by atoms with Crippen molar-refractivity contribution >= 4 is 5.78 Å². The van der Waals surface area contributed by atoms with Gasteiger partial charge in [0.2, 0.25) is 0 Å². The van der Waals surface area contributed by atoms with Crippen LogP contribution in [0.4, 0.5) is 0 Å². The largest absolute Gasteiger partial charge is 0.493 e. The number of hydrogen-bond acceptors (Lipinski definition) is 4. The number of benzene rings is 2. The standard InChI is InChI=1S/C17H15NO3/c1-20-15-10-6-9-13(17(15)21-2)16(19)14(11-18)12-7-4-3-5-8-12/h3-10,14H,1-2H3. The third kappa shape index (κ3) is 2.87. The van der Waals surface area contributed by atoms with Crippen LogP contribution in [-0.4, -0.2) is 20.0 Å². The monoisotopic (exact) mass is 281 g/mol. The van der Waals surface area contributed by atoms with Gasteiger partial charge in [0.25, 0.3) is 0 Å². The van der Waals surface area contributed by atoms with Gasteiger partial charge < -0.3 is 9.47 Å². The average molecular weight is 281 g/mol. The van der Waals surface area contributed by atoms with Crippen LogP contribution in [0.2, 0.25) is 0 Å². The molecule has 0 heterocycles. The smallest absolute Gasteiger partial charge is 0.188 e. The summed E-state index contributed by atoms with van der Waals surface area (Å²) < 4.78 is 10.4. The SMILES string of the molecule is COc1cccc(C(=O)C(C#N)c2ccccc2)c1OC. The number of carbonyl (C=O) groups is 1. The molecule has 4 heteroatoms. The number of nitrogens with zero attached hydrogens (tertiary/aromatic N) is 1. The van der Waals surface area contributed by atoms with Gasteiger partial charge in [0.05, 0.1) is 25.9 Å². The summed E-state index contributed by atoms with van der Waals surface area (Å²) in [6.45, 7) is 0. The van der Waals surface area contributed by atoms with Gasteiger partial charge in [-0.05, 0) is 17.7 Å². The van der Waals surface area contributed by atoms with Crippen LogP contribution in [0.25, 0.3) is 0 Å². The number of para-hydroxylation sites is 1. The van der Waals surface area contributed by atoms with Gasteiger partial charge in [-0.3, -0.25) is 4.79 Å². The van der Waals surface area contributed by atoms with E-state index in [1.165, 1.54) is 14.2 Å². The first kappa shape index (κ1) is 14.6. The summed E-state index contributed by atoms with van der Waals surface area (Å²) in [5.41, 5.74) is 1.00. The predicted octanol–water partition coefficient (Wildman–Crippen LogP) is 3.19. The molecule has 0 aliphatic heterocycles. The quantitative estimate of drug-likeness (QED) is 0.790. The molecular weight excluding hydrogens is 266 g/mol. The number of methoxy groups -OCH3 is 2. The van der Waals surface area contributed by atoms with Crippen molar-refractivity contribution in [2.45, 2.75) is 5.92 Å². The summed E-state index contributed by atoms with van der Waals surface area (Å²) in [7, 11) is 2.98. The van der Waals surface area contributed by atoms with Gasteiger partial charge in [-0.1, -0.05) is 36.4 Å². The summed E-state index contributed by atoms with van der Waals surface area (Å²) in [6.07, 6.45) is 0. The molecule has 2 rings (SSSR count). The van der Waals surface area contributed by atoms with Crippen molar-refractivity contribution < 1.29 is 14.3 Å². The number of ether oxygens (including phenoxy) is 2. The fourth-order valence-electron chi connectivity index (χ4n) is 2.17. The van der Waals surface area contributed by atoms with Crippen LogP contribution in [0.3, 0.4) is 0 Å². The van der Waals surface area contributed by atoms with Crippen molar-refractivity contribution in [2.24, 2.45) is 0 Å². The molecule has 0 amide bonds. The Hall–Kier alpha value is -2.80. The molecule has 0 aromatic heterocycles. The zero-order valence-electron chi connectivity index (χ0n) is 11.9. The zero-order valence-corrected chi connectivity index (χ0v) is 11.9. The molecular formula is C17H15NO3. The molecule has 2 aromatic rings. The Kier molecular flexibility index (Phi) is 4.57. The minimum Gasteiger partial charge on any atom is -0.493 e. The molecule has 0 bridgehead atoms. The molecule has 0 fully saturated rings. The van der Waals surface area contributed by atoms with Gasteiger partial charge in [0.1, 0.15) is 5.92 Å². The van der Waals surface area contributed by atoms with Gasteiger partial charge in [-0.15, -0.1) is 0 Å². The van der Waals surface area contributed by atoms with E-state index in [-0.39, 0.29) is 5.78 Å². The second kappa shape index (κ2) is 6.58. The lowest BCUT2D eigenvalue weighted by Crippen LogP contribution is -2.13. The van der Waals surface area contributed by atoms with Crippen LogP contribution in [0, 0.1) is 11.3 Å². The highest BCUT2D eigenvalue weighted by molar-refractivity contribution is 6.05. The lowest BCUT2D eigenvalue weighted by atomic mass is 9.91. The van der Waals surface area contributed by atoms with Gasteiger partial charge in [0.15, 0.2) is 17.3 Å². The van der Waals surface area contributed by atoms with Crippen LogP contribution >= 0.6 is 0 Å². The molecule has 0 saturated carbocycles. The minimum absolute atomic E-state index is 0.306. The van der Waals surface area contributed by atoms with Gasteiger partial charge in [0, 0.05) is 0 Å². The van der Waals surface area contributed by atoms with Crippen molar-refractivity contribution in [1.29, 1.82) is 5.26 Å². The maximum atomic E-state index is 12.7. The molecule has 0 radical (unpaired) electrons. The number of Topliss-reactive ketones (excluding diaryl/α,β-unsaturated/α-hetero) is 1. The predicted molar refractivity (Wildman–Crippen MR) is 78.7 cm³/mol. The Morgan fingerprint density at radius 3 is 2.33 bits per heavy atom. The molecule has 0 spiro atoms. The molecule has 0 N–H and O–H groups in total. The Bertz CT molecular complexity index is 674. The third-order valence-electron chi connectivity index (χ3n) is 3.19. The Labute approximate surface area is 123 Å². The van der Waals surface area contributed by atoms with Gasteiger partial charge in [-0.2, -0.15) is 5.26 Å². The summed E-state index contributed by atoms with van der Waals surface area (Å²) in [5, 5.41) is 9.36. The Balaban J connectivity index is 2.47. The fourth-order valence-corrected chi connectivity index (χ4v) is 2.17. The molecule has 1 atom stereocenters. The first-order valence-corrected chi connectivity index (χ1v) is 6.42. The molecule has 2 aromatic carbocycles. The summed E-state index contributed by atoms with van der Waals surface area (Å²) in [5.74, 6) is -0.360.